The average Bonchev–Trinajstić information content (AvgIpc) is 2.49. The third-order valence-corrected chi connectivity index (χ3v) is 4.07. The first-order valence-electron chi connectivity index (χ1n) is 7.03. The quantitative estimate of drug-likeness (QED) is 0.844. The summed E-state index contributed by atoms with van der Waals surface area (Å²) in [7, 11) is 0. The number of aromatic nitrogens is 2. The summed E-state index contributed by atoms with van der Waals surface area (Å²) in [5.41, 5.74) is 0. The van der Waals surface area contributed by atoms with Gasteiger partial charge < -0.3 is 9.64 Å². The van der Waals surface area contributed by atoms with Crippen molar-refractivity contribution in [1.82, 2.24) is 14.9 Å². The molecule has 0 radical (unpaired) electrons. The zero-order valence-electron chi connectivity index (χ0n) is 11.9. The summed E-state index contributed by atoms with van der Waals surface area (Å²) < 4.78 is 6.58. The molecule has 2 heterocycles. The van der Waals surface area contributed by atoms with E-state index in [0.717, 1.165) is 36.8 Å². The number of amides is 1. The Hall–Kier alpha value is -1.17. The number of hydrogen-bond acceptors (Lipinski definition) is 4. The maximum atomic E-state index is 12.1. The molecule has 1 amide bonds. The number of rotatable bonds is 4. The normalized spacial score (nSPS) is 17.9. The minimum absolute atomic E-state index is 0.0946. The van der Waals surface area contributed by atoms with Crippen molar-refractivity contribution in [2.45, 2.75) is 39.2 Å². The molecule has 0 bridgehead atoms. The molecular formula is C14H20BrN3O2. The van der Waals surface area contributed by atoms with Crippen molar-refractivity contribution in [3.63, 3.8) is 0 Å². The van der Waals surface area contributed by atoms with Crippen molar-refractivity contribution < 1.29 is 9.53 Å². The lowest BCUT2D eigenvalue weighted by Gasteiger charge is -2.33. The largest absolute Gasteiger partial charge is 0.460 e. The molecule has 20 heavy (non-hydrogen) atoms. The van der Waals surface area contributed by atoms with Crippen molar-refractivity contribution >= 4 is 21.8 Å². The molecule has 1 unspecified atom stereocenters. The van der Waals surface area contributed by atoms with Crippen LogP contribution in [0.15, 0.2) is 16.9 Å². The van der Waals surface area contributed by atoms with E-state index in [2.05, 4.69) is 25.9 Å². The van der Waals surface area contributed by atoms with Gasteiger partial charge in [-0.1, -0.05) is 13.8 Å². The second-order valence-electron chi connectivity index (χ2n) is 5.14. The van der Waals surface area contributed by atoms with Crippen LogP contribution in [0.25, 0.3) is 0 Å². The first kappa shape index (κ1) is 15.2. The van der Waals surface area contributed by atoms with E-state index in [1.165, 1.54) is 0 Å². The molecule has 0 spiro atoms. The van der Waals surface area contributed by atoms with Crippen LogP contribution < -0.4 is 4.74 Å². The van der Waals surface area contributed by atoms with E-state index in [4.69, 9.17) is 4.74 Å². The summed E-state index contributed by atoms with van der Waals surface area (Å²) in [6, 6.07) is 0.403. The zero-order chi connectivity index (χ0) is 14.5. The Morgan fingerprint density at radius 2 is 2.05 bits per heavy atom. The monoisotopic (exact) mass is 341 g/mol. The molecule has 1 fully saturated rings. The van der Waals surface area contributed by atoms with Crippen molar-refractivity contribution in [2.75, 3.05) is 13.1 Å². The van der Waals surface area contributed by atoms with Crippen LogP contribution in [-0.2, 0) is 4.79 Å². The third kappa shape index (κ3) is 3.91. The number of likely N-dealkylation sites (tertiary alicyclic amines) is 1. The summed E-state index contributed by atoms with van der Waals surface area (Å²) in [5, 5.41) is 0. The van der Waals surface area contributed by atoms with Gasteiger partial charge in [-0.05, 0) is 22.4 Å². The molecule has 110 valence electrons. The number of ether oxygens (including phenoxy) is 1. The fourth-order valence-electron chi connectivity index (χ4n) is 2.19. The van der Waals surface area contributed by atoms with Crippen LogP contribution in [0.4, 0.5) is 0 Å². The van der Waals surface area contributed by atoms with Gasteiger partial charge in [0.1, 0.15) is 6.10 Å². The minimum Gasteiger partial charge on any atom is -0.460 e. The van der Waals surface area contributed by atoms with E-state index < -0.39 is 0 Å². The van der Waals surface area contributed by atoms with Gasteiger partial charge in [-0.2, -0.15) is 0 Å². The maximum Gasteiger partial charge on any atom is 0.316 e. The van der Waals surface area contributed by atoms with E-state index in [0.29, 0.717) is 6.01 Å². The summed E-state index contributed by atoms with van der Waals surface area (Å²) in [6.45, 7) is 5.54. The lowest BCUT2D eigenvalue weighted by molar-refractivity contribution is -0.136. The van der Waals surface area contributed by atoms with E-state index in [9.17, 15) is 4.79 Å². The molecule has 1 saturated heterocycles. The standard InChI is InChI=1S/C14H20BrN3O2/c1-3-10(2)13(19)18-6-4-12(5-7-18)20-14-16-8-11(15)9-17-14/h8-10,12H,3-7H2,1-2H3. The molecule has 1 atom stereocenters. The van der Waals surface area contributed by atoms with Gasteiger partial charge in [0.25, 0.3) is 0 Å². The van der Waals surface area contributed by atoms with E-state index >= 15 is 0 Å². The van der Waals surface area contributed by atoms with Crippen LogP contribution in [0.5, 0.6) is 6.01 Å². The van der Waals surface area contributed by atoms with Crippen LogP contribution in [0.3, 0.4) is 0 Å². The van der Waals surface area contributed by atoms with Crippen molar-refractivity contribution in [3.05, 3.63) is 16.9 Å². The van der Waals surface area contributed by atoms with Crippen LogP contribution in [0, 0.1) is 5.92 Å². The molecule has 5 nitrogen and oxygen atoms in total. The van der Waals surface area contributed by atoms with Crippen LogP contribution >= 0.6 is 15.9 Å². The number of nitrogens with zero attached hydrogens (tertiary/aromatic N) is 3. The Kier molecular flexibility index (Phi) is 5.34. The number of carbonyl (C=O) groups excluding carboxylic acids is 1. The van der Waals surface area contributed by atoms with Gasteiger partial charge in [0, 0.05) is 44.2 Å². The fraction of sp³-hybridized carbons (Fsp3) is 0.643. The second kappa shape index (κ2) is 7.02. The third-order valence-electron chi connectivity index (χ3n) is 3.66. The molecule has 1 aromatic heterocycles. The van der Waals surface area contributed by atoms with Crippen molar-refractivity contribution in [2.24, 2.45) is 5.92 Å². The smallest absolute Gasteiger partial charge is 0.316 e. The summed E-state index contributed by atoms with van der Waals surface area (Å²) >= 11 is 3.29. The Morgan fingerprint density at radius 3 is 2.60 bits per heavy atom. The molecule has 0 aliphatic carbocycles. The SMILES string of the molecule is CCC(C)C(=O)N1CCC(Oc2ncc(Br)cn2)CC1. The van der Waals surface area contributed by atoms with Gasteiger partial charge in [-0.3, -0.25) is 4.79 Å². The van der Waals surface area contributed by atoms with Crippen LogP contribution in [0.2, 0.25) is 0 Å². The second-order valence-corrected chi connectivity index (χ2v) is 6.05. The van der Waals surface area contributed by atoms with Gasteiger partial charge in [0.15, 0.2) is 0 Å². The van der Waals surface area contributed by atoms with Gasteiger partial charge in [0.05, 0.1) is 4.47 Å². The average molecular weight is 342 g/mol. The molecule has 6 heteroatoms. The summed E-state index contributed by atoms with van der Waals surface area (Å²) in [6.07, 6.45) is 6.00. The molecule has 1 aliphatic rings. The number of carbonyl (C=O) groups is 1. The molecule has 0 N–H and O–H groups in total. The summed E-state index contributed by atoms with van der Waals surface area (Å²) in [4.78, 5) is 22.2. The topological polar surface area (TPSA) is 55.3 Å². The van der Waals surface area contributed by atoms with Gasteiger partial charge in [-0.25, -0.2) is 9.97 Å². The first-order valence-corrected chi connectivity index (χ1v) is 7.82. The van der Waals surface area contributed by atoms with Gasteiger partial charge >= 0.3 is 6.01 Å². The van der Waals surface area contributed by atoms with Crippen molar-refractivity contribution in [1.29, 1.82) is 0 Å². The van der Waals surface area contributed by atoms with E-state index in [-0.39, 0.29) is 17.9 Å². The first-order chi connectivity index (χ1) is 9.60. The molecular weight excluding hydrogens is 322 g/mol. The highest BCUT2D eigenvalue weighted by Gasteiger charge is 2.26. The fourth-order valence-corrected chi connectivity index (χ4v) is 2.40. The van der Waals surface area contributed by atoms with Gasteiger partial charge in [-0.15, -0.1) is 0 Å². The predicted molar refractivity (Wildman–Crippen MR) is 79.4 cm³/mol. The Balaban J connectivity index is 1.82. The molecule has 1 aliphatic heterocycles. The zero-order valence-corrected chi connectivity index (χ0v) is 13.5. The minimum atomic E-state index is 0.0946. The molecule has 1 aromatic rings. The van der Waals surface area contributed by atoms with Crippen LogP contribution in [0.1, 0.15) is 33.1 Å². The number of piperidine rings is 1. The number of hydrogen-bond donors (Lipinski definition) is 0. The van der Waals surface area contributed by atoms with E-state index in [1.54, 1.807) is 12.4 Å². The predicted octanol–water partition coefficient (Wildman–Crippen LogP) is 2.66. The number of halogens is 1. The van der Waals surface area contributed by atoms with Gasteiger partial charge in [0.2, 0.25) is 5.91 Å². The summed E-state index contributed by atoms with van der Waals surface area (Å²) in [5.74, 6) is 0.369. The highest BCUT2D eigenvalue weighted by Crippen LogP contribution is 2.18. The van der Waals surface area contributed by atoms with Crippen LogP contribution in [-0.4, -0.2) is 40.0 Å². The highest BCUT2D eigenvalue weighted by atomic mass is 79.9. The molecule has 0 saturated carbocycles. The van der Waals surface area contributed by atoms with Crippen molar-refractivity contribution in [3.8, 4) is 6.01 Å². The lowest BCUT2D eigenvalue weighted by atomic mass is 10.0. The molecule has 0 aromatic carbocycles. The Morgan fingerprint density at radius 1 is 1.45 bits per heavy atom. The lowest BCUT2D eigenvalue weighted by Crippen LogP contribution is -2.43. The Labute approximate surface area is 127 Å². The maximum absolute atomic E-state index is 12.1. The Bertz CT molecular complexity index is 444. The molecule has 2 rings (SSSR count). The van der Waals surface area contributed by atoms with E-state index in [1.807, 2.05) is 18.7 Å². The highest BCUT2D eigenvalue weighted by molar-refractivity contribution is 9.10.